The van der Waals surface area contributed by atoms with E-state index >= 15 is 0 Å². The SMILES string of the molecule is COCc1cnc2c(-c3nc4c(Cl)cc(F)cc4s3)cc(C)cc2n1. The molecule has 4 nitrogen and oxygen atoms in total. The van der Waals surface area contributed by atoms with Gasteiger partial charge in [-0.2, -0.15) is 0 Å². The second-order valence-electron chi connectivity index (χ2n) is 5.73. The molecule has 0 aliphatic carbocycles. The smallest absolute Gasteiger partial charge is 0.126 e. The van der Waals surface area contributed by atoms with Gasteiger partial charge in [0.05, 0.1) is 39.3 Å². The Morgan fingerprint density at radius 1 is 1.16 bits per heavy atom. The van der Waals surface area contributed by atoms with E-state index in [4.69, 9.17) is 16.3 Å². The van der Waals surface area contributed by atoms with Gasteiger partial charge in [0.1, 0.15) is 16.3 Å². The van der Waals surface area contributed by atoms with Crippen LogP contribution in [0.1, 0.15) is 11.3 Å². The Hall–Kier alpha value is -2.15. The highest BCUT2D eigenvalue weighted by atomic mass is 35.5. The summed E-state index contributed by atoms with van der Waals surface area (Å²) in [5, 5.41) is 1.05. The zero-order valence-electron chi connectivity index (χ0n) is 13.5. The van der Waals surface area contributed by atoms with Gasteiger partial charge in [-0.1, -0.05) is 11.6 Å². The molecule has 2 aromatic carbocycles. The number of nitrogens with zero attached hydrogens (tertiary/aromatic N) is 3. The van der Waals surface area contributed by atoms with E-state index in [2.05, 4.69) is 15.0 Å². The predicted octanol–water partition coefficient (Wildman–Crippen LogP) is 5.15. The van der Waals surface area contributed by atoms with Crippen molar-refractivity contribution in [2.75, 3.05) is 7.11 Å². The molecule has 0 spiro atoms. The van der Waals surface area contributed by atoms with Crippen LogP contribution >= 0.6 is 22.9 Å². The van der Waals surface area contributed by atoms with E-state index in [9.17, 15) is 4.39 Å². The van der Waals surface area contributed by atoms with Crippen molar-refractivity contribution in [1.82, 2.24) is 15.0 Å². The minimum Gasteiger partial charge on any atom is -0.378 e. The van der Waals surface area contributed by atoms with Crippen LogP contribution in [0.2, 0.25) is 5.02 Å². The summed E-state index contributed by atoms with van der Waals surface area (Å²) < 4.78 is 19.4. The number of ether oxygens (including phenoxy) is 1. The lowest BCUT2D eigenvalue weighted by Crippen LogP contribution is -1.96. The second-order valence-corrected chi connectivity index (χ2v) is 7.17. The quantitative estimate of drug-likeness (QED) is 0.498. The molecule has 0 N–H and O–H groups in total. The second kappa shape index (κ2) is 6.29. The van der Waals surface area contributed by atoms with E-state index in [0.717, 1.165) is 32.9 Å². The molecule has 0 fully saturated rings. The molecule has 0 atom stereocenters. The van der Waals surface area contributed by atoms with Crippen LogP contribution in [0.25, 0.3) is 31.8 Å². The number of hydrogen-bond donors (Lipinski definition) is 0. The summed E-state index contributed by atoms with van der Waals surface area (Å²) in [5.74, 6) is -0.370. The van der Waals surface area contributed by atoms with E-state index in [1.54, 1.807) is 13.3 Å². The van der Waals surface area contributed by atoms with Crippen molar-refractivity contribution in [2.45, 2.75) is 13.5 Å². The van der Waals surface area contributed by atoms with Gasteiger partial charge in [-0.25, -0.2) is 14.4 Å². The standard InChI is InChI=1S/C18H13ClFN3OS/c1-9-3-12(16-14(4-9)22-11(7-21-16)8-24-2)18-23-17-13(19)5-10(20)6-15(17)25-18/h3-7H,8H2,1-2H3. The zero-order valence-corrected chi connectivity index (χ0v) is 15.1. The molecule has 0 bridgehead atoms. The van der Waals surface area contributed by atoms with E-state index in [1.807, 2.05) is 19.1 Å². The van der Waals surface area contributed by atoms with E-state index in [1.165, 1.54) is 23.5 Å². The number of rotatable bonds is 3. The fourth-order valence-electron chi connectivity index (χ4n) is 2.76. The summed E-state index contributed by atoms with van der Waals surface area (Å²) in [7, 11) is 1.62. The van der Waals surface area contributed by atoms with Crippen LogP contribution < -0.4 is 0 Å². The number of halogens is 2. The van der Waals surface area contributed by atoms with Crippen molar-refractivity contribution in [3.63, 3.8) is 0 Å². The van der Waals surface area contributed by atoms with Crippen LogP contribution in [-0.4, -0.2) is 22.1 Å². The van der Waals surface area contributed by atoms with Crippen LogP contribution in [0.15, 0.2) is 30.5 Å². The molecule has 0 saturated heterocycles. The largest absolute Gasteiger partial charge is 0.378 e. The van der Waals surface area contributed by atoms with E-state index in [0.29, 0.717) is 21.8 Å². The fraction of sp³-hybridized carbons (Fsp3) is 0.167. The Balaban J connectivity index is 1.95. The lowest BCUT2D eigenvalue weighted by atomic mass is 10.1. The van der Waals surface area contributed by atoms with Crippen molar-refractivity contribution in [3.8, 4) is 10.6 Å². The van der Waals surface area contributed by atoms with E-state index < -0.39 is 0 Å². The summed E-state index contributed by atoms with van der Waals surface area (Å²) in [6.07, 6.45) is 1.70. The lowest BCUT2D eigenvalue weighted by Gasteiger charge is -2.06. The third kappa shape index (κ3) is 2.97. The first-order valence-electron chi connectivity index (χ1n) is 7.56. The Kier molecular flexibility index (Phi) is 4.11. The zero-order chi connectivity index (χ0) is 17.6. The number of fused-ring (bicyclic) bond motifs is 2. The van der Waals surface area contributed by atoms with Gasteiger partial charge in [0.25, 0.3) is 0 Å². The number of methoxy groups -OCH3 is 1. The Morgan fingerprint density at radius 3 is 2.80 bits per heavy atom. The molecule has 0 aliphatic heterocycles. The first kappa shape index (κ1) is 16.3. The molecule has 25 heavy (non-hydrogen) atoms. The number of thiazole rings is 1. The maximum absolute atomic E-state index is 13.6. The lowest BCUT2D eigenvalue weighted by molar-refractivity contribution is 0.181. The normalized spacial score (nSPS) is 11.5. The van der Waals surface area contributed by atoms with Gasteiger partial charge in [-0.05, 0) is 36.8 Å². The summed E-state index contributed by atoms with van der Waals surface area (Å²) in [5.41, 5.74) is 4.80. The monoisotopic (exact) mass is 373 g/mol. The summed E-state index contributed by atoms with van der Waals surface area (Å²) in [6.45, 7) is 2.40. The molecule has 0 amide bonds. The topological polar surface area (TPSA) is 47.9 Å². The van der Waals surface area contributed by atoms with Gasteiger partial charge in [0, 0.05) is 12.7 Å². The van der Waals surface area contributed by atoms with Crippen LogP contribution in [0.3, 0.4) is 0 Å². The van der Waals surface area contributed by atoms with Gasteiger partial charge >= 0.3 is 0 Å². The van der Waals surface area contributed by atoms with Crippen LogP contribution in [0.4, 0.5) is 4.39 Å². The van der Waals surface area contributed by atoms with Crippen molar-refractivity contribution < 1.29 is 9.13 Å². The first-order chi connectivity index (χ1) is 12.0. The first-order valence-corrected chi connectivity index (χ1v) is 8.76. The van der Waals surface area contributed by atoms with Crippen molar-refractivity contribution >= 4 is 44.2 Å². The molecule has 2 heterocycles. The Labute approximate surface area is 152 Å². The number of aryl methyl sites for hydroxylation is 1. The highest BCUT2D eigenvalue weighted by Gasteiger charge is 2.15. The van der Waals surface area contributed by atoms with Crippen molar-refractivity contribution in [3.05, 3.63) is 52.6 Å². The van der Waals surface area contributed by atoms with Gasteiger partial charge in [-0.15, -0.1) is 11.3 Å². The average Bonchev–Trinajstić information content (AvgIpc) is 2.98. The van der Waals surface area contributed by atoms with E-state index in [-0.39, 0.29) is 5.82 Å². The molecule has 0 unspecified atom stereocenters. The van der Waals surface area contributed by atoms with Gasteiger partial charge in [-0.3, -0.25) is 4.98 Å². The Morgan fingerprint density at radius 2 is 2.00 bits per heavy atom. The number of aromatic nitrogens is 3. The maximum atomic E-state index is 13.6. The highest BCUT2D eigenvalue weighted by molar-refractivity contribution is 7.21. The molecule has 4 aromatic rings. The molecule has 0 saturated carbocycles. The molecular weight excluding hydrogens is 361 g/mol. The van der Waals surface area contributed by atoms with Crippen molar-refractivity contribution in [1.29, 1.82) is 0 Å². The number of benzene rings is 2. The minimum atomic E-state index is -0.370. The van der Waals surface area contributed by atoms with Crippen molar-refractivity contribution in [2.24, 2.45) is 0 Å². The highest BCUT2D eigenvalue weighted by Crippen LogP contribution is 2.37. The van der Waals surface area contributed by atoms with Crippen LogP contribution in [0, 0.1) is 12.7 Å². The maximum Gasteiger partial charge on any atom is 0.126 e. The number of hydrogen-bond acceptors (Lipinski definition) is 5. The molecule has 0 radical (unpaired) electrons. The van der Waals surface area contributed by atoms with Crippen LogP contribution in [-0.2, 0) is 11.3 Å². The predicted molar refractivity (Wildman–Crippen MR) is 98.6 cm³/mol. The molecule has 0 aliphatic rings. The summed E-state index contributed by atoms with van der Waals surface area (Å²) >= 11 is 7.52. The van der Waals surface area contributed by atoms with Gasteiger partial charge in [0.2, 0.25) is 0 Å². The third-order valence-electron chi connectivity index (χ3n) is 3.78. The van der Waals surface area contributed by atoms with Gasteiger partial charge < -0.3 is 4.74 Å². The third-order valence-corrected chi connectivity index (χ3v) is 5.10. The summed E-state index contributed by atoms with van der Waals surface area (Å²) in [6, 6.07) is 6.71. The molecule has 4 rings (SSSR count). The molecular formula is C18H13ClFN3OS. The molecule has 7 heteroatoms. The molecule has 126 valence electrons. The fourth-order valence-corrected chi connectivity index (χ4v) is 4.09. The van der Waals surface area contributed by atoms with Gasteiger partial charge in [0.15, 0.2) is 0 Å². The Bertz CT molecular complexity index is 1110. The molecule has 2 aromatic heterocycles. The van der Waals surface area contributed by atoms with Crippen LogP contribution in [0.5, 0.6) is 0 Å². The minimum absolute atomic E-state index is 0.308. The average molecular weight is 374 g/mol. The summed E-state index contributed by atoms with van der Waals surface area (Å²) in [4.78, 5) is 13.7.